The van der Waals surface area contributed by atoms with Gasteiger partial charge in [0.05, 0.1) is 0 Å². The van der Waals surface area contributed by atoms with Crippen molar-refractivity contribution in [2.45, 2.75) is 316 Å². The summed E-state index contributed by atoms with van der Waals surface area (Å²) in [5, 5.41) is 0. The first-order valence-electron chi connectivity index (χ1n) is 29.0. The quantitative estimate of drug-likeness (QED) is 0.0262. The van der Waals surface area contributed by atoms with E-state index in [1.807, 2.05) is 0 Å². The van der Waals surface area contributed by atoms with Crippen LogP contribution in [0.5, 0.6) is 0 Å². The smallest absolute Gasteiger partial charge is 0.306 e. The Kier molecular flexibility index (Phi) is 53.2. The number of hydrogen-bond donors (Lipinski definition) is 0. The molecular formula is C60H110O6. The van der Waals surface area contributed by atoms with Crippen LogP contribution in [0.1, 0.15) is 310 Å². The molecule has 0 fully saturated rings. The Bertz CT molecular complexity index is 1110. The van der Waals surface area contributed by atoms with Gasteiger partial charge in [-0.1, -0.05) is 250 Å². The highest BCUT2D eigenvalue weighted by atomic mass is 16.6. The molecule has 0 aliphatic carbocycles. The Morgan fingerprint density at radius 1 is 0.303 bits per heavy atom. The zero-order chi connectivity index (χ0) is 47.9. The van der Waals surface area contributed by atoms with Gasteiger partial charge in [-0.15, -0.1) is 0 Å². The van der Waals surface area contributed by atoms with Crippen LogP contribution in [-0.4, -0.2) is 37.2 Å². The summed E-state index contributed by atoms with van der Waals surface area (Å²) in [6.45, 7) is 6.63. The van der Waals surface area contributed by atoms with E-state index in [-0.39, 0.29) is 31.1 Å². The lowest BCUT2D eigenvalue weighted by atomic mass is 10.0. The molecule has 6 nitrogen and oxygen atoms in total. The predicted octanol–water partition coefficient (Wildman–Crippen LogP) is 19.3. The largest absolute Gasteiger partial charge is 0.462 e. The number of hydrogen-bond acceptors (Lipinski definition) is 6. The van der Waals surface area contributed by atoms with E-state index < -0.39 is 6.10 Å². The Hall–Kier alpha value is -2.37. The summed E-state index contributed by atoms with van der Waals surface area (Å²) in [6, 6.07) is 0. The Labute approximate surface area is 410 Å². The Morgan fingerprint density at radius 2 is 0.545 bits per heavy atom. The van der Waals surface area contributed by atoms with E-state index in [0.717, 1.165) is 77.0 Å². The van der Waals surface area contributed by atoms with Crippen LogP contribution in [0.25, 0.3) is 0 Å². The monoisotopic (exact) mass is 927 g/mol. The molecule has 6 heteroatoms. The molecule has 386 valence electrons. The number of carbonyl (C=O) groups excluding carboxylic acids is 3. The van der Waals surface area contributed by atoms with Gasteiger partial charge in [-0.2, -0.15) is 0 Å². The number of esters is 3. The average Bonchev–Trinajstić information content (AvgIpc) is 3.31. The van der Waals surface area contributed by atoms with Crippen molar-refractivity contribution in [2.75, 3.05) is 13.2 Å². The molecule has 0 aromatic rings. The molecule has 0 amide bonds. The van der Waals surface area contributed by atoms with Gasteiger partial charge >= 0.3 is 17.9 Å². The standard InChI is InChI=1S/C60H110O6/c1-4-7-10-13-16-19-22-25-28-30-32-35-38-41-44-47-50-53-59(62)65-56-57(55-64-58(61)52-49-46-43-40-37-34-27-24-21-18-15-12-9-6-3)66-60(63)54-51-48-45-42-39-36-33-31-29-26-23-20-17-14-11-8-5-2/h16,19,24-25,27-28,57H,4-15,17-18,20-23,26,29-56H2,1-3H3/b19-16-,27-24-,28-25-/t57-/m1/s1. The number of ether oxygens (including phenoxy) is 3. The van der Waals surface area contributed by atoms with Crippen LogP contribution in [-0.2, 0) is 28.6 Å². The van der Waals surface area contributed by atoms with Crippen molar-refractivity contribution in [3.63, 3.8) is 0 Å². The molecule has 0 N–H and O–H groups in total. The molecule has 0 saturated carbocycles. The van der Waals surface area contributed by atoms with E-state index in [2.05, 4.69) is 57.2 Å². The van der Waals surface area contributed by atoms with E-state index >= 15 is 0 Å². The van der Waals surface area contributed by atoms with Gasteiger partial charge in [0, 0.05) is 19.3 Å². The van der Waals surface area contributed by atoms with Crippen molar-refractivity contribution in [1.29, 1.82) is 0 Å². The Morgan fingerprint density at radius 3 is 0.879 bits per heavy atom. The second-order valence-corrected chi connectivity index (χ2v) is 19.6. The van der Waals surface area contributed by atoms with E-state index in [4.69, 9.17) is 14.2 Å². The maximum absolute atomic E-state index is 12.9. The van der Waals surface area contributed by atoms with Crippen LogP contribution in [0, 0.1) is 0 Å². The van der Waals surface area contributed by atoms with Crippen LogP contribution in [0.4, 0.5) is 0 Å². The second kappa shape index (κ2) is 55.2. The molecule has 0 aromatic carbocycles. The molecular weight excluding hydrogens is 817 g/mol. The normalized spacial score (nSPS) is 12.2. The van der Waals surface area contributed by atoms with E-state index in [1.54, 1.807) is 0 Å². The van der Waals surface area contributed by atoms with Crippen LogP contribution >= 0.6 is 0 Å². The lowest BCUT2D eigenvalue weighted by Crippen LogP contribution is -2.30. The second-order valence-electron chi connectivity index (χ2n) is 19.6. The van der Waals surface area contributed by atoms with Gasteiger partial charge < -0.3 is 14.2 Å². The van der Waals surface area contributed by atoms with Crippen LogP contribution in [0.15, 0.2) is 36.5 Å². The lowest BCUT2D eigenvalue weighted by Gasteiger charge is -2.18. The fraction of sp³-hybridized carbons (Fsp3) is 0.850. The molecule has 66 heavy (non-hydrogen) atoms. The number of carbonyl (C=O) groups is 3. The number of unbranched alkanes of at least 4 members (excludes halogenated alkanes) is 36. The van der Waals surface area contributed by atoms with Crippen molar-refractivity contribution >= 4 is 17.9 Å². The minimum Gasteiger partial charge on any atom is -0.462 e. The lowest BCUT2D eigenvalue weighted by molar-refractivity contribution is -0.167. The molecule has 0 saturated heterocycles. The van der Waals surface area contributed by atoms with Crippen molar-refractivity contribution < 1.29 is 28.6 Å². The van der Waals surface area contributed by atoms with E-state index in [0.29, 0.717) is 19.3 Å². The fourth-order valence-corrected chi connectivity index (χ4v) is 8.47. The van der Waals surface area contributed by atoms with Crippen molar-refractivity contribution in [3.8, 4) is 0 Å². The first-order valence-corrected chi connectivity index (χ1v) is 29.0. The van der Waals surface area contributed by atoms with Gasteiger partial charge in [-0.05, 0) is 77.0 Å². The molecule has 0 rings (SSSR count). The highest BCUT2D eigenvalue weighted by Crippen LogP contribution is 2.16. The summed E-state index contributed by atoms with van der Waals surface area (Å²) < 4.78 is 16.9. The third-order valence-electron chi connectivity index (χ3n) is 12.9. The number of allylic oxidation sites excluding steroid dienone is 6. The highest BCUT2D eigenvalue weighted by Gasteiger charge is 2.19. The maximum atomic E-state index is 12.9. The summed E-state index contributed by atoms with van der Waals surface area (Å²) in [7, 11) is 0. The van der Waals surface area contributed by atoms with Gasteiger partial charge in [-0.3, -0.25) is 14.4 Å². The molecule has 0 aromatic heterocycles. The summed E-state index contributed by atoms with van der Waals surface area (Å²) in [5.41, 5.74) is 0. The molecule has 0 spiro atoms. The topological polar surface area (TPSA) is 78.9 Å². The van der Waals surface area contributed by atoms with Crippen LogP contribution in [0.3, 0.4) is 0 Å². The molecule has 0 unspecified atom stereocenters. The van der Waals surface area contributed by atoms with Crippen LogP contribution in [0.2, 0.25) is 0 Å². The predicted molar refractivity (Wildman–Crippen MR) is 284 cm³/mol. The van der Waals surface area contributed by atoms with Gasteiger partial charge in [0.2, 0.25) is 0 Å². The van der Waals surface area contributed by atoms with Crippen molar-refractivity contribution in [3.05, 3.63) is 36.5 Å². The SMILES string of the molecule is CCCCC/C=C\C/C=C\CCCCCCCCCC(=O)OC[C@@H](COC(=O)CCCCCCC/C=C\CCCCCCC)OC(=O)CCCCCCCCCCCCCCCCCCC. The Balaban J connectivity index is 4.36. The van der Waals surface area contributed by atoms with Crippen molar-refractivity contribution in [2.24, 2.45) is 0 Å². The summed E-state index contributed by atoms with van der Waals surface area (Å²) in [5.74, 6) is -0.873. The average molecular weight is 928 g/mol. The maximum Gasteiger partial charge on any atom is 0.306 e. The van der Waals surface area contributed by atoms with Crippen LogP contribution < -0.4 is 0 Å². The fourth-order valence-electron chi connectivity index (χ4n) is 8.47. The summed E-state index contributed by atoms with van der Waals surface area (Å²) in [4.78, 5) is 38.1. The third-order valence-corrected chi connectivity index (χ3v) is 12.9. The molecule has 0 aliphatic rings. The zero-order valence-electron chi connectivity index (χ0n) is 44.2. The summed E-state index contributed by atoms with van der Waals surface area (Å²) >= 11 is 0. The van der Waals surface area contributed by atoms with Crippen molar-refractivity contribution in [1.82, 2.24) is 0 Å². The van der Waals surface area contributed by atoms with E-state index in [9.17, 15) is 14.4 Å². The van der Waals surface area contributed by atoms with Gasteiger partial charge in [-0.25, -0.2) is 0 Å². The first kappa shape index (κ1) is 63.6. The minimum atomic E-state index is -0.776. The minimum absolute atomic E-state index is 0.0755. The van der Waals surface area contributed by atoms with Gasteiger partial charge in [0.1, 0.15) is 13.2 Å². The molecule has 0 heterocycles. The number of rotatable bonds is 53. The third kappa shape index (κ3) is 52.6. The van der Waals surface area contributed by atoms with Gasteiger partial charge in [0.25, 0.3) is 0 Å². The van der Waals surface area contributed by atoms with E-state index in [1.165, 1.54) is 193 Å². The highest BCUT2D eigenvalue weighted by molar-refractivity contribution is 5.71. The zero-order valence-corrected chi connectivity index (χ0v) is 44.2. The molecule has 1 atom stereocenters. The summed E-state index contributed by atoms with van der Waals surface area (Å²) in [6.07, 6.45) is 65.6. The molecule has 0 bridgehead atoms. The first-order chi connectivity index (χ1) is 32.5. The van der Waals surface area contributed by atoms with Gasteiger partial charge in [0.15, 0.2) is 6.10 Å². The molecule has 0 aliphatic heterocycles. The molecule has 0 radical (unpaired) electrons.